The van der Waals surface area contributed by atoms with Crippen molar-refractivity contribution in [1.82, 2.24) is 9.88 Å². The number of nitro benzene ring substituents is 1. The first kappa shape index (κ1) is 16.7. The van der Waals surface area contributed by atoms with Crippen LogP contribution < -0.4 is 11.1 Å². The Bertz CT molecular complexity index is 775. The van der Waals surface area contributed by atoms with E-state index in [2.05, 4.69) is 5.32 Å². The van der Waals surface area contributed by atoms with Crippen molar-refractivity contribution < 1.29 is 14.1 Å². The first-order chi connectivity index (χ1) is 10.9. The Kier molecular flexibility index (Phi) is 5.15. The number of oxazole rings is 1. The van der Waals surface area contributed by atoms with Crippen molar-refractivity contribution in [3.05, 3.63) is 38.9 Å². The van der Waals surface area contributed by atoms with Crippen LogP contribution in [0.5, 0.6) is 0 Å². The lowest BCUT2D eigenvalue weighted by molar-refractivity contribution is -0.384. The van der Waals surface area contributed by atoms with Crippen LogP contribution in [0, 0.1) is 16.0 Å². The van der Waals surface area contributed by atoms with Gasteiger partial charge in [-0.3, -0.25) is 19.5 Å². The third-order valence-corrected chi connectivity index (χ3v) is 3.36. The molecule has 1 N–H and O–H groups in total. The molecule has 1 amide bonds. The number of nitro groups is 1. The minimum atomic E-state index is -0.580. The molecule has 0 spiro atoms. The number of aryl methyl sites for hydroxylation is 1. The number of nitrogens with zero attached hydrogens (tertiary/aromatic N) is 2. The van der Waals surface area contributed by atoms with Crippen LogP contribution in [0.3, 0.4) is 0 Å². The molecule has 0 saturated carbocycles. The Morgan fingerprint density at radius 2 is 2.17 bits per heavy atom. The van der Waals surface area contributed by atoms with E-state index in [1.165, 1.54) is 22.8 Å². The summed E-state index contributed by atoms with van der Waals surface area (Å²) in [5.41, 5.74) is 0.531. The van der Waals surface area contributed by atoms with Gasteiger partial charge in [0.05, 0.1) is 16.5 Å². The van der Waals surface area contributed by atoms with E-state index in [9.17, 15) is 19.7 Å². The normalized spacial score (nSPS) is 11.1. The van der Waals surface area contributed by atoms with Gasteiger partial charge >= 0.3 is 5.76 Å². The summed E-state index contributed by atoms with van der Waals surface area (Å²) in [6.45, 7) is 4.96. The van der Waals surface area contributed by atoms with Crippen molar-refractivity contribution in [2.75, 3.05) is 6.54 Å². The number of hydrogen-bond acceptors (Lipinski definition) is 5. The average Bonchev–Trinajstić information content (AvgIpc) is 2.80. The zero-order valence-corrected chi connectivity index (χ0v) is 13.1. The van der Waals surface area contributed by atoms with Gasteiger partial charge in [0.15, 0.2) is 5.58 Å². The lowest BCUT2D eigenvalue weighted by Crippen LogP contribution is -2.27. The lowest BCUT2D eigenvalue weighted by Gasteiger charge is -2.07. The minimum Gasteiger partial charge on any atom is -0.407 e. The summed E-state index contributed by atoms with van der Waals surface area (Å²) in [7, 11) is 0. The van der Waals surface area contributed by atoms with Crippen LogP contribution in [-0.4, -0.2) is 21.9 Å². The molecular weight excluding hydrogens is 302 g/mol. The molecule has 2 rings (SSSR count). The summed E-state index contributed by atoms with van der Waals surface area (Å²) in [6.07, 6.45) is 0.786. The fourth-order valence-corrected chi connectivity index (χ4v) is 2.18. The number of aromatic nitrogens is 1. The molecule has 0 aliphatic rings. The van der Waals surface area contributed by atoms with E-state index in [0.29, 0.717) is 37.4 Å². The number of rotatable bonds is 7. The largest absolute Gasteiger partial charge is 0.419 e. The lowest BCUT2D eigenvalue weighted by atomic mass is 10.2. The maximum absolute atomic E-state index is 11.8. The molecule has 124 valence electrons. The topological polar surface area (TPSA) is 107 Å². The summed E-state index contributed by atoms with van der Waals surface area (Å²) < 4.78 is 6.41. The fourth-order valence-electron chi connectivity index (χ4n) is 2.18. The van der Waals surface area contributed by atoms with E-state index in [0.717, 1.165) is 0 Å². The first-order valence-corrected chi connectivity index (χ1v) is 7.43. The summed E-state index contributed by atoms with van der Waals surface area (Å²) in [4.78, 5) is 33.7. The predicted molar refractivity (Wildman–Crippen MR) is 84.2 cm³/mol. The minimum absolute atomic E-state index is 0.0600. The third-order valence-electron chi connectivity index (χ3n) is 3.36. The Morgan fingerprint density at radius 1 is 1.43 bits per heavy atom. The molecule has 0 atom stereocenters. The molecule has 0 aliphatic carbocycles. The number of carbonyl (C=O) groups excluding carboxylic acids is 1. The van der Waals surface area contributed by atoms with Crippen LogP contribution in [0.4, 0.5) is 5.69 Å². The molecule has 8 heteroatoms. The highest BCUT2D eigenvalue weighted by atomic mass is 16.6. The second kappa shape index (κ2) is 7.08. The summed E-state index contributed by atoms with van der Waals surface area (Å²) in [5, 5.41) is 13.5. The van der Waals surface area contributed by atoms with Crippen molar-refractivity contribution in [1.29, 1.82) is 0 Å². The van der Waals surface area contributed by atoms with E-state index in [1.807, 2.05) is 13.8 Å². The van der Waals surface area contributed by atoms with Crippen LogP contribution in [-0.2, 0) is 11.3 Å². The van der Waals surface area contributed by atoms with Gasteiger partial charge in [0.1, 0.15) is 0 Å². The van der Waals surface area contributed by atoms with Gasteiger partial charge in [0, 0.05) is 25.6 Å². The molecule has 8 nitrogen and oxygen atoms in total. The van der Waals surface area contributed by atoms with Gasteiger partial charge in [-0.05, 0) is 18.4 Å². The van der Waals surface area contributed by atoms with Crippen molar-refractivity contribution in [3.63, 3.8) is 0 Å². The van der Waals surface area contributed by atoms with Crippen LogP contribution >= 0.6 is 0 Å². The fraction of sp³-hybridized carbons (Fsp3) is 0.467. The number of nitrogens with one attached hydrogen (secondary N) is 1. The Balaban J connectivity index is 2.03. The first-order valence-electron chi connectivity index (χ1n) is 7.43. The van der Waals surface area contributed by atoms with Crippen molar-refractivity contribution >= 4 is 22.7 Å². The SMILES string of the molecule is CC(C)CNC(=O)CCCn1c(=O)oc2cc([N+](=O)[O-])ccc21. The zero-order chi connectivity index (χ0) is 17.0. The van der Waals surface area contributed by atoms with Gasteiger partial charge < -0.3 is 9.73 Å². The van der Waals surface area contributed by atoms with Crippen LogP contribution in [0.2, 0.25) is 0 Å². The van der Waals surface area contributed by atoms with Crippen LogP contribution in [0.25, 0.3) is 11.1 Å². The molecule has 1 aromatic heterocycles. The number of amides is 1. The standard InChI is InChI=1S/C15H19N3O5/c1-10(2)9-16-14(19)4-3-7-17-12-6-5-11(18(21)22)8-13(12)23-15(17)20/h5-6,8,10H,3-4,7,9H2,1-2H3,(H,16,19). The average molecular weight is 321 g/mol. The number of hydrogen-bond donors (Lipinski definition) is 1. The molecule has 2 aromatic rings. The number of non-ortho nitro benzene ring substituents is 1. The molecular formula is C15H19N3O5. The maximum atomic E-state index is 11.8. The predicted octanol–water partition coefficient (Wildman–Crippen LogP) is 2.06. The number of carbonyl (C=O) groups is 1. The van der Waals surface area contributed by atoms with E-state index in [-0.39, 0.29) is 17.2 Å². The van der Waals surface area contributed by atoms with Gasteiger partial charge in [-0.1, -0.05) is 13.8 Å². The van der Waals surface area contributed by atoms with Gasteiger partial charge in [-0.25, -0.2) is 4.79 Å². The van der Waals surface area contributed by atoms with Crippen molar-refractivity contribution in [2.45, 2.75) is 33.2 Å². The summed E-state index contributed by atoms with van der Waals surface area (Å²) >= 11 is 0. The van der Waals surface area contributed by atoms with E-state index in [1.54, 1.807) is 0 Å². The maximum Gasteiger partial charge on any atom is 0.419 e. The molecule has 1 heterocycles. The smallest absolute Gasteiger partial charge is 0.407 e. The van der Waals surface area contributed by atoms with Crippen LogP contribution in [0.15, 0.2) is 27.4 Å². The van der Waals surface area contributed by atoms with Gasteiger partial charge in [0.2, 0.25) is 5.91 Å². The summed E-state index contributed by atoms with van der Waals surface area (Å²) in [6, 6.07) is 4.03. The van der Waals surface area contributed by atoms with Crippen molar-refractivity contribution in [3.8, 4) is 0 Å². The molecule has 23 heavy (non-hydrogen) atoms. The molecule has 0 fully saturated rings. The molecule has 0 unspecified atom stereocenters. The van der Waals surface area contributed by atoms with Gasteiger partial charge in [0.25, 0.3) is 5.69 Å². The summed E-state index contributed by atoms with van der Waals surface area (Å²) in [5.74, 6) is -0.256. The second-order valence-corrected chi connectivity index (χ2v) is 5.73. The highest BCUT2D eigenvalue weighted by Crippen LogP contribution is 2.20. The molecule has 0 saturated heterocycles. The molecule has 0 radical (unpaired) electrons. The van der Waals surface area contributed by atoms with E-state index in [4.69, 9.17) is 4.42 Å². The molecule has 1 aromatic carbocycles. The highest BCUT2D eigenvalue weighted by molar-refractivity contribution is 5.76. The number of benzene rings is 1. The third kappa shape index (κ3) is 4.18. The second-order valence-electron chi connectivity index (χ2n) is 5.73. The Hall–Kier alpha value is -2.64. The monoisotopic (exact) mass is 321 g/mol. The molecule has 0 aliphatic heterocycles. The van der Waals surface area contributed by atoms with Gasteiger partial charge in [-0.15, -0.1) is 0 Å². The van der Waals surface area contributed by atoms with Crippen LogP contribution in [0.1, 0.15) is 26.7 Å². The zero-order valence-electron chi connectivity index (χ0n) is 13.1. The number of fused-ring (bicyclic) bond motifs is 1. The van der Waals surface area contributed by atoms with Gasteiger partial charge in [-0.2, -0.15) is 0 Å². The van der Waals surface area contributed by atoms with Crippen molar-refractivity contribution in [2.24, 2.45) is 5.92 Å². The van der Waals surface area contributed by atoms with E-state index >= 15 is 0 Å². The highest BCUT2D eigenvalue weighted by Gasteiger charge is 2.14. The Morgan fingerprint density at radius 3 is 2.83 bits per heavy atom. The van der Waals surface area contributed by atoms with E-state index < -0.39 is 10.7 Å². The Labute approximate surface area is 132 Å². The quantitative estimate of drug-likeness (QED) is 0.620. The molecule has 0 bridgehead atoms.